The van der Waals surface area contributed by atoms with Gasteiger partial charge in [-0.2, -0.15) is 0 Å². The van der Waals surface area contributed by atoms with Gasteiger partial charge in [-0.3, -0.25) is 10.1 Å². The van der Waals surface area contributed by atoms with Crippen LogP contribution in [0.4, 0.5) is 0 Å². The summed E-state index contributed by atoms with van der Waals surface area (Å²) in [5.74, 6) is -0.0503. The minimum absolute atomic E-state index is 0.161. The SMILES string of the molecule is COC(=O)[C@@H]1Cc2c([nH]c3ccccc23)[C@@H](c2ccc(O)cc2)N1. The lowest BCUT2D eigenvalue weighted by Crippen LogP contribution is -2.45. The number of methoxy groups -OCH3 is 1. The van der Waals surface area contributed by atoms with E-state index < -0.39 is 6.04 Å². The number of aromatic hydroxyl groups is 1. The minimum atomic E-state index is -0.402. The third kappa shape index (κ3) is 2.34. The van der Waals surface area contributed by atoms with Gasteiger partial charge in [0.1, 0.15) is 11.8 Å². The predicted octanol–water partition coefficient (Wildman–Crippen LogP) is 2.65. The second-order valence-electron chi connectivity index (χ2n) is 6.03. The van der Waals surface area contributed by atoms with Crippen LogP contribution < -0.4 is 5.32 Å². The molecular weight excluding hydrogens is 304 g/mol. The number of para-hydroxylation sites is 1. The summed E-state index contributed by atoms with van der Waals surface area (Å²) in [6.07, 6.45) is 0.584. The highest BCUT2D eigenvalue weighted by atomic mass is 16.5. The number of carbonyl (C=O) groups is 1. The van der Waals surface area contributed by atoms with Gasteiger partial charge in [-0.05, 0) is 29.3 Å². The first-order valence-corrected chi connectivity index (χ1v) is 7.89. The molecular formula is C19H18N2O3. The van der Waals surface area contributed by atoms with Crippen molar-refractivity contribution in [2.75, 3.05) is 7.11 Å². The van der Waals surface area contributed by atoms with Crippen molar-refractivity contribution in [2.45, 2.75) is 18.5 Å². The van der Waals surface area contributed by atoms with E-state index in [4.69, 9.17) is 4.74 Å². The van der Waals surface area contributed by atoms with Gasteiger partial charge in [-0.25, -0.2) is 0 Å². The number of ether oxygens (including phenoxy) is 1. The van der Waals surface area contributed by atoms with Gasteiger partial charge in [0.05, 0.1) is 13.2 Å². The maximum Gasteiger partial charge on any atom is 0.323 e. The van der Waals surface area contributed by atoms with Crippen LogP contribution in [-0.4, -0.2) is 29.2 Å². The highest BCUT2D eigenvalue weighted by Gasteiger charge is 2.34. The first-order valence-electron chi connectivity index (χ1n) is 7.89. The van der Waals surface area contributed by atoms with Crippen LogP contribution in [0, 0.1) is 0 Å². The molecule has 5 nitrogen and oxygen atoms in total. The summed E-state index contributed by atoms with van der Waals surface area (Å²) in [5, 5.41) is 14.0. The van der Waals surface area contributed by atoms with Gasteiger partial charge in [0.2, 0.25) is 0 Å². The Labute approximate surface area is 139 Å². The average Bonchev–Trinajstić information content (AvgIpc) is 2.99. The summed E-state index contributed by atoms with van der Waals surface area (Å²) in [4.78, 5) is 15.6. The minimum Gasteiger partial charge on any atom is -0.508 e. The maximum absolute atomic E-state index is 12.1. The number of aromatic nitrogens is 1. The summed E-state index contributed by atoms with van der Waals surface area (Å²) in [6.45, 7) is 0. The van der Waals surface area contributed by atoms with Crippen LogP contribution in [-0.2, 0) is 16.0 Å². The predicted molar refractivity (Wildman–Crippen MR) is 90.9 cm³/mol. The van der Waals surface area contributed by atoms with Crippen molar-refractivity contribution in [2.24, 2.45) is 0 Å². The number of H-pyrrole nitrogens is 1. The summed E-state index contributed by atoms with van der Waals surface area (Å²) in [5.41, 5.74) is 4.23. The largest absolute Gasteiger partial charge is 0.508 e. The first kappa shape index (κ1) is 14.8. The van der Waals surface area contributed by atoms with Crippen LogP contribution >= 0.6 is 0 Å². The molecule has 3 aromatic rings. The van der Waals surface area contributed by atoms with Crippen LogP contribution in [0.5, 0.6) is 5.75 Å². The molecule has 5 heteroatoms. The van der Waals surface area contributed by atoms with E-state index in [0.29, 0.717) is 6.42 Å². The summed E-state index contributed by atoms with van der Waals surface area (Å²) in [7, 11) is 1.41. The Kier molecular flexibility index (Phi) is 3.50. The van der Waals surface area contributed by atoms with Crippen LogP contribution in [0.3, 0.4) is 0 Å². The molecule has 2 atom stereocenters. The normalized spacial score (nSPS) is 19.9. The van der Waals surface area contributed by atoms with Crippen molar-refractivity contribution in [3.63, 3.8) is 0 Å². The van der Waals surface area contributed by atoms with Crippen LogP contribution in [0.2, 0.25) is 0 Å². The Balaban J connectivity index is 1.86. The number of phenols is 1. The third-order valence-electron chi connectivity index (χ3n) is 4.62. The third-order valence-corrected chi connectivity index (χ3v) is 4.62. The fourth-order valence-corrected chi connectivity index (χ4v) is 3.46. The first-order chi connectivity index (χ1) is 11.7. The molecule has 0 aliphatic carbocycles. The van der Waals surface area contributed by atoms with Gasteiger partial charge in [0, 0.05) is 23.0 Å². The zero-order chi connectivity index (χ0) is 16.7. The fourth-order valence-electron chi connectivity index (χ4n) is 3.46. The molecule has 24 heavy (non-hydrogen) atoms. The second-order valence-corrected chi connectivity index (χ2v) is 6.03. The molecule has 0 saturated heterocycles. The van der Waals surface area contributed by atoms with E-state index >= 15 is 0 Å². The van der Waals surface area contributed by atoms with Crippen molar-refractivity contribution in [3.05, 3.63) is 65.4 Å². The molecule has 1 aliphatic rings. The quantitative estimate of drug-likeness (QED) is 0.634. The Morgan fingerprint density at radius 1 is 1.17 bits per heavy atom. The lowest BCUT2D eigenvalue weighted by molar-refractivity contribution is -0.143. The molecule has 0 fully saturated rings. The highest BCUT2D eigenvalue weighted by Crippen LogP contribution is 2.35. The number of fused-ring (bicyclic) bond motifs is 3. The Hall–Kier alpha value is -2.79. The molecule has 122 valence electrons. The van der Waals surface area contributed by atoms with E-state index in [1.807, 2.05) is 30.3 Å². The molecule has 0 saturated carbocycles. The summed E-state index contributed by atoms with van der Waals surface area (Å²) in [6, 6.07) is 14.6. The molecule has 1 aromatic heterocycles. The van der Waals surface area contributed by atoms with E-state index in [0.717, 1.165) is 27.7 Å². The number of rotatable bonds is 2. The molecule has 1 aliphatic heterocycles. The topological polar surface area (TPSA) is 74.4 Å². The molecule has 0 bridgehead atoms. The molecule has 4 rings (SSSR count). The van der Waals surface area contributed by atoms with Gasteiger partial charge in [-0.1, -0.05) is 30.3 Å². The Morgan fingerprint density at radius 3 is 2.67 bits per heavy atom. The Bertz CT molecular complexity index is 899. The van der Waals surface area contributed by atoms with Crippen molar-refractivity contribution in [1.82, 2.24) is 10.3 Å². The lowest BCUT2D eigenvalue weighted by Gasteiger charge is -2.30. The van der Waals surface area contributed by atoms with Crippen LogP contribution in [0.15, 0.2) is 48.5 Å². The van der Waals surface area contributed by atoms with E-state index in [-0.39, 0.29) is 17.8 Å². The average molecular weight is 322 g/mol. The molecule has 3 N–H and O–H groups in total. The molecule has 2 aromatic carbocycles. The summed E-state index contributed by atoms with van der Waals surface area (Å²) < 4.78 is 4.95. The van der Waals surface area contributed by atoms with E-state index in [1.54, 1.807) is 12.1 Å². The van der Waals surface area contributed by atoms with Crippen molar-refractivity contribution < 1.29 is 14.6 Å². The van der Waals surface area contributed by atoms with Crippen molar-refractivity contribution in [1.29, 1.82) is 0 Å². The monoisotopic (exact) mass is 322 g/mol. The van der Waals surface area contributed by atoms with Crippen molar-refractivity contribution in [3.8, 4) is 5.75 Å². The number of aromatic amines is 1. The number of esters is 1. The van der Waals surface area contributed by atoms with E-state index in [2.05, 4.69) is 16.4 Å². The lowest BCUT2D eigenvalue weighted by atomic mass is 9.90. The van der Waals surface area contributed by atoms with Crippen molar-refractivity contribution >= 4 is 16.9 Å². The van der Waals surface area contributed by atoms with Gasteiger partial charge in [0.25, 0.3) is 0 Å². The maximum atomic E-state index is 12.1. The van der Waals surface area contributed by atoms with Gasteiger partial charge < -0.3 is 14.8 Å². The zero-order valence-electron chi connectivity index (χ0n) is 13.2. The summed E-state index contributed by atoms with van der Waals surface area (Å²) >= 11 is 0. The van der Waals surface area contributed by atoms with E-state index in [9.17, 15) is 9.90 Å². The second kappa shape index (κ2) is 5.69. The smallest absolute Gasteiger partial charge is 0.323 e. The zero-order valence-corrected chi connectivity index (χ0v) is 13.2. The molecule has 0 spiro atoms. The highest BCUT2D eigenvalue weighted by molar-refractivity contribution is 5.87. The van der Waals surface area contributed by atoms with Gasteiger partial charge in [-0.15, -0.1) is 0 Å². The Morgan fingerprint density at radius 2 is 1.92 bits per heavy atom. The molecule has 0 amide bonds. The van der Waals surface area contributed by atoms with Gasteiger partial charge >= 0.3 is 5.97 Å². The van der Waals surface area contributed by atoms with Gasteiger partial charge in [0.15, 0.2) is 0 Å². The van der Waals surface area contributed by atoms with E-state index in [1.165, 1.54) is 7.11 Å². The number of nitrogens with one attached hydrogen (secondary N) is 2. The number of carbonyl (C=O) groups excluding carboxylic acids is 1. The van der Waals surface area contributed by atoms with Crippen LogP contribution in [0.25, 0.3) is 10.9 Å². The standard InChI is InChI=1S/C19H18N2O3/c1-24-19(23)16-10-14-13-4-2-3-5-15(13)20-18(14)17(21-16)11-6-8-12(22)9-7-11/h2-9,16-17,20-22H,10H2,1H3/t16-,17+/m0/s1. The van der Waals surface area contributed by atoms with Crippen LogP contribution in [0.1, 0.15) is 22.9 Å². The number of hydrogen-bond acceptors (Lipinski definition) is 4. The molecule has 0 unspecified atom stereocenters. The number of hydrogen-bond donors (Lipinski definition) is 3. The molecule has 2 heterocycles. The number of phenolic OH excluding ortho intramolecular Hbond substituents is 1. The number of benzene rings is 2. The fraction of sp³-hybridized carbons (Fsp3) is 0.211. The molecule has 0 radical (unpaired) electrons.